The van der Waals surface area contributed by atoms with E-state index in [4.69, 9.17) is 0 Å². The van der Waals surface area contributed by atoms with Crippen LogP contribution in [0.1, 0.15) is 19.8 Å². The Balaban J connectivity index is 2.48. The molecular formula is C10H21BrN2. The molecule has 0 aromatic heterocycles. The lowest BCUT2D eigenvalue weighted by molar-refractivity contribution is 0.194. The summed E-state index contributed by atoms with van der Waals surface area (Å²) in [6, 6.07) is 0.769. The third-order valence-electron chi connectivity index (χ3n) is 2.87. The lowest BCUT2D eigenvalue weighted by Crippen LogP contribution is -2.40. The highest BCUT2D eigenvalue weighted by Crippen LogP contribution is 2.11. The monoisotopic (exact) mass is 248 g/mol. The highest BCUT2D eigenvalue weighted by atomic mass is 79.9. The molecule has 0 spiro atoms. The van der Waals surface area contributed by atoms with E-state index in [1.807, 2.05) is 0 Å². The number of nitrogens with zero attached hydrogens (tertiary/aromatic N) is 2. The Morgan fingerprint density at radius 3 is 2.77 bits per heavy atom. The van der Waals surface area contributed by atoms with Crippen molar-refractivity contribution in [3.8, 4) is 0 Å². The fourth-order valence-corrected chi connectivity index (χ4v) is 2.54. The largest absolute Gasteiger partial charge is 0.305 e. The van der Waals surface area contributed by atoms with Crippen molar-refractivity contribution in [2.45, 2.75) is 25.8 Å². The standard InChI is InChI=1S/C10H21BrN2/c1-3-10-9-12(2)6-4-7-13(10)8-5-11/h10H,3-9H2,1-2H3. The van der Waals surface area contributed by atoms with Gasteiger partial charge in [-0.25, -0.2) is 0 Å². The number of halogens is 1. The van der Waals surface area contributed by atoms with Gasteiger partial charge in [-0.05, 0) is 33.0 Å². The van der Waals surface area contributed by atoms with Gasteiger partial charge in [0.05, 0.1) is 0 Å². The molecule has 0 N–H and O–H groups in total. The smallest absolute Gasteiger partial charge is 0.0220 e. The lowest BCUT2D eigenvalue weighted by Gasteiger charge is -2.29. The molecule has 0 amide bonds. The molecule has 1 unspecified atom stereocenters. The second-order valence-electron chi connectivity index (χ2n) is 3.90. The molecular weight excluding hydrogens is 228 g/mol. The van der Waals surface area contributed by atoms with Crippen LogP contribution >= 0.6 is 15.9 Å². The second kappa shape index (κ2) is 5.99. The van der Waals surface area contributed by atoms with E-state index in [0.29, 0.717) is 0 Å². The molecule has 0 aromatic carbocycles. The average molecular weight is 249 g/mol. The molecule has 1 aliphatic heterocycles. The van der Waals surface area contributed by atoms with Crippen molar-refractivity contribution in [3.63, 3.8) is 0 Å². The van der Waals surface area contributed by atoms with Crippen molar-refractivity contribution in [3.05, 3.63) is 0 Å². The minimum atomic E-state index is 0.769. The first kappa shape index (κ1) is 11.5. The van der Waals surface area contributed by atoms with E-state index in [2.05, 4.69) is 39.7 Å². The summed E-state index contributed by atoms with van der Waals surface area (Å²) >= 11 is 3.53. The summed E-state index contributed by atoms with van der Waals surface area (Å²) in [7, 11) is 2.24. The number of likely N-dealkylation sites (N-methyl/N-ethyl adjacent to an activating group) is 1. The van der Waals surface area contributed by atoms with Crippen LogP contribution in [0.2, 0.25) is 0 Å². The van der Waals surface area contributed by atoms with Gasteiger partial charge in [-0.3, -0.25) is 4.90 Å². The van der Waals surface area contributed by atoms with Crippen LogP contribution in [0.3, 0.4) is 0 Å². The van der Waals surface area contributed by atoms with Crippen molar-refractivity contribution in [1.29, 1.82) is 0 Å². The van der Waals surface area contributed by atoms with Crippen LogP contribution in [0, 0.1) is 0 Å². The first-order valence-corrected chi connectivity index (χ1v) is 6.38. The van der Waals surface area contributed by atoms with E-state index in [1.165, 1.54) is 39.0 Å². The topological polar surface area (TPSA) is 6.48 Å². The van der Waals surface area contributed by atoms with Crippen LogP contribution < -0.4 is 0 Å². The minimum absolute atomic E-state index is 0.769. The molecule has 1 heterocycles. The van der Waals surface area contributed by atoms with Gasteiger partial charge < -0.3 is 4.90 Å². The molecule has 78 valence electrons. The first-order valence-electron chi connectivity index (χ1n) is 5.26. The zero-order valence-corrected chi connectivity index (χ0v) is 10.4. The number of hydrogen-bond acceptors (Lipinski definition) is 2. The molecule has 1 rings (SSSR count). The van der Waals surface area contributed by atoms with Gasteiger partial charge in [0.25, 0.3) is 0 Å². The molecule has 1 aliphatic rings. The number of hydrogen-bond donors (Lipinski definition) is 0. The van der Waals surface area contributed by atoms with Gasteiger partial charge in [-0.1, -0.05) is 22.9 Å². The Labute approximate surface area is 90.4 Å². The number of alkyl halides is 1. The summed E-state index contributed by atoms with van der Waals surface area (Å²) in [5.74, 6) is 0. The fraction of sp³-hybridized carbons (Fsp3) is 1.00. The normalized spacial score (nSPS) is 27.5. The van der Waals surface area contributed by atoms with Crippen molar-refractivity contribution in [2.75, 3.05) is 38.6 Å². The van der Waals surface area contributed by atoms with Crippen LogP contribution in [0.25, 0.3) is 0 Å². The first-order chi connectivity index (χ1) is 6.27. The van der Waals surface area contributed by atoms with Crippen LogP contribution in [-0.2, 0) is 0 Å². The van der Waals surface area contributed by atoms with Crippen LogP contribution in [0.4, 0.5) is 0 Å². The predicted octanol–water partition coefficient (Wildman–Crippen LogP) is 1.80. The Bertz CT molecular complexity index is 141. The van der Waals surface area contributed by atoms with Gasteiger partial charge >= 0.3 is 0 Å². The van der Waals surface area contributed by atoms with E-state index in [0.717, 1.165) is 11.4 Å². The molecule has 13 heavy (non-hydrogen) atoms. The second-order valence-corrected chi connectivity index (χ2v) is 4.70. The summed E-state index contributed by atoms with van der Waals surface area (Å²) in [6.07, 6.45) is 2.59. The summed E-state index contributed by atoms with van der Waals surface area (Å²) in [5, 5.41) is 1.10. The Morgan fingerprint density at radius 1 is 1.38 bits per heavy atom. The quantitative estimate of drug-likeness (QED) is 0.704. The van der Waals surface area contributed by atoms with E-state index in [-0.39, 0.29) is 0 Å². The van der Waals surface area contributed by atoms with Crippen LogP contribution in [0.5, 0.6) is 0 Å². The molecule has 0 radical (unpaired) electrons. The van der Waals surface area contributed by atoms with E-state index in [9.17, 15) is 0 Å². The predicted molar refractivity (Wildman–Crippen MR) is 61.6 cm³/mol. The van der Waals surface area contributed by atoms with Gasteiger partial charge in [-0.2, -0.15) is 0 Å². The van der Waals surface area contributed by atoms with Gasteiger partial charge in [0.15, 0.2) is 0 Å². The SMILES string of the molecule is CCC1CN(C)CCCN1CCBr. The Hall–Kier alpha value is 0.400. The van der Waals surface area contributed by atoms with Crippen molar-refractivity contribution < 1.29 is 0 Å². The van der Waals surface area contributed by atoms with E-state index in [1.54, 1.807) is 0 Å². The van der Waals surface area contributed by atoms with Crippen LogP contribution in [-0.4, -0.2) is 54.4 Å². The van der Waals surface area contributed by atoms with Crippen molar-refractivity contribution in [1.82, 2.24) is 9.80 Å². The van der Waals surface area contributed by atoms with E-state index < -0.39 is 0 Å². The zero-order chi connectivity index (χ0) is 9.68. The molecule has 0 aliphatic carbocycles. The minimum Gasteiger partial charge on any atom is -0.305 e. The van der Waals surface area contributed by atoms with Crippen LogP contribution in [0.15, 0.2) is 0 Å². The molecule has 1 fully saturated rings. The molecule has 0 bridgehead atoms. The Kier molecular flexibility index (Phi) is 5.29. The maximum Gasteiger partial charge on any atom is 0.0220 e. The molecule has 3 heteroatoms. The summed E-state index contributed by atoms with van der Waals surface area (Å²) in [5.41, 5.74) is 0. The molecule has 1 saturated heterocycles. The number of rotatable bonds is 3. The molecule has 0 aromatic rings. The Morgan fingerprint density at radius 2 is 2.15 bits per heavy atom. The highest BCUT2D eigenvalue weighted by molar-refractivity contribution is 9.09. The summed E-state index contributed by atoms with van der Waals surface area (Å²) in [4.78, 5) is 5.08. The maximum atomic E-state index is 3.53. The van der Waals surface area contributed by atoms with Crippen molar-refractivity contribution in [2.24, 2.45) is 0 Å². The van der Waals surface area contributed by atoms with Gasteiger partial charge in [-0.15, -0.1) is 0 Å². The van der Waals surface area contributed by atoms with Crippen molar-refractivity contribution >= 4 is 15.9 Å². The summed E-state index contributed by atoms with van der Waals surface area (Å²) in [6.45, 7) is 7.27. The van der Waals surface area contributed by atoms with Gasteiger partial charge in [0.2, 0.25) is 0 Å². The lowest BCUT2D eigenvalue weighted by atomic mass is 10.2. The third-order valence-corrected chi connectivity index (χ3v) is 3.22. The van der Waals surface area contributed by atoms with Gasteiger partial charge in [0.1, 0.15) is 0 Å². The average Bonchev–Trinajstić information content (AvgIpc) is 2.29. The molecule has 2 nitrogen and oxygen atoms in total. The van der Waals surface area contributed by atoms with E-state index >= 15 is 0 Å². The molecule has 0 saturated carbocycles. The fourth-order valence-electron chi connectivity index (χ4n) is 2.08. The summed E-state index contributed by atoms with van der Waals surface area (Å²) < 4.78 is 0. The zero-order valence-electron chi connectivity index (χ0n) is 8.80. The molecule has 1 atom stereocenters. The van der Waals surface area contributed by atoms with Gasteiger partial charge in [0, 0.05) is 24.5 Å². The maximum absolute atomic E-state index is 3.53. The third kappa shape index (κ3) is 3.56. The highest BCUT2D eigenvalue weighted by Gasteiger charge is 2.20.